The maximum absolute atomic E-state index is 9.55. The molecule has 0 aromatic rings. The Labute approximate surface area is 105 Å². The summed E-state index contributed by atoms with van der Waals surface area (Å²) in [4.78, 5) is 0. The fourth-order valence-corrected chi connectivity index (χ4v) is 2.78. The van der Waals surface area contributed by atoms with Crippen molar-refractivity contribution < 1.29 is 9.84 Å². The molecule has 0 bridgehead atoms. The Bertz CT molecular complexity index is 282. The highest BCUT2D eigenvalue weighted by Crippen LogP contribution is 2.41. The van der Waals surface area contributed by atoms with Crippen LogP contribution in [0, 0.1) is 23.2 Å². The molecule has 0 aromatic heterocycles. The van der Waals surface area contributed by atoms with Crippen LogP contribution < -0.4 is 0 Å². The summed E-state index contributed by atoms with van der Waals surface area (Å²) in [7, 11) is 0. The van der Waals surface area contributed by atoms with Crippen LogP contribution in [0.4, 0.5) is 0 Å². The van der Waals surface area contributed by atoms with E-state index in [0.717, 1.165) is 19.3 Å². The third-order valence-corrected chi connectivity index (χ3v) is 3.98. The van der Waals surface area contributed by atoms with Crippen molar-refractivity contribution in [2.45, 2.75) is 71.2 Å². The standard InChI is InChI=1S/C14H25NO2/c1-10(2)13-7-5-6-8-14(13,9-15)17-12(4)11(3)16/h10-13,16H,5-8H2,1-4H3. The molecule has 1 aliphatic rings. The molecule has 0 aromatic carbocycles. The number of hydrogen-bond acceptors (Lipinski definition) is 3. The normalized spacial score (nSPS) is 33.1. The summed E-state index contributed by atoms with van der Waals surface area (Å²) in [5, 5.41) is 19.1. The van der Waals surface area contributed by atoms with Gasteiger partial charge in [0.05, 0.1) is 18.3 Å². The number of rotatable bonds is 4. The van der Waals surface area contributed by atoms with Crippen molar-refractivity contribution >= 4 is 0 Å². The van der Waals surface area contributed by atoms with Gasteiger partial charge in [-0.2, -0.15) is 5.26 Å². The number of aliphatic hydroxyl groups excluding tert-OH is 1. The number of ether oxygens (including phenoxy) is 1. The van der Waals surface area contributed by atoms with Crippen LogP contribution >= 0.6 is 0 Å². The average molecular weight is 239 g/mol. The quantitative estimate of drug-likeness (QED) is 0.820. The average Bonchev–Trinajstić information content (AvgIpc) is 2.29. The first-order valence-corrected chi connectivity index (χ1v) is 6.70. The summed E-state index contributed by atoms with van der Waals surface area (Å²) >= 11 is 0. The van der Waals surface area contributed by atoms with E-state index in [-0.39, 0.29) is 12.0 Å². The second kappa shape index (κ2) is 5.84. The van der Waals surface area contributed by atoms with Gasteiger partial charge in [-0.15, -0.1) is 0 Å². The number of nitriles is 1. The van der Waals surface area contributed by atoms with E-state index in [0.29, 0.717) is 5.92 Å². The van der Waals surface area contributed by atoms with E-state index < -0.39 is 11.7 Å². The lowest BCUT2D eigenvalue weighted by Gasteiger charge is -2.42. The third-order valence-electron chi connectivity index (χ3n) is 3.98. The van der Waals surface area contributed by atoms with E-state index in [2.05, 4.69) is 19.9 Å². The van der Waals surface area contributed by atoms with Crippen molar-refractivity contribution in [2.75, 3.05) is 0 Å². The van der Waals surface area contributed by atoms with Gasteiger partial charge in [0.25, 0.3) is 0 Å². The predicted molar refractivity (Wildman–Crippen MR) is 67.4 cm³/mol. The van der Waals surface area contributed by atoms with Gasteiger partial charge in [-0.05, 0) is 39.0 Å². The van der Waals surface area contributed by atoms with Gasteiger partial charge in [-0.3, -0.25) is 0 Å². The zero-order chi connectivity index (χ0) is 13.1. The summed E-state index contributed by atoms with van der Waals surface area (Å²) in [6.45, 7) is 7.86. The predicted octanol–water partition coefficient (Wildman–Crippen LogP) is 2.88. The van der Waals surface area contributed by atoms with E-state index in [1.807, 2.05) is 6.92 Å². The molecule has 98 valence electrons. The lowest BCUT2D eigenvalue weighted by atomic mass is 9.70. The summed E-state index contributed by atoms with van der Waals surface area (Å²) in [6, 6.07) is 2.40. The maximum atomic E-state index is 9.55. The molecule has 4 atom stereocenters. The maximum Gasteiger partial charge on any atom is 0.157 e. The Morgan fingerprint density at radius 1 is 1.29 bits per heavy atom. The summed E-state index contributed by atoms with van der Waals surface area (Å²) in [6.07, 6.45) is 3.26. The highest BCUT2D eigenvalue weighted by molar-refractivity contribution is 5.09. The van der Waals surface area contributed by atoms with Crippen molar-refractivity contribution in [3.05, 3.63) is 0 Å². The molecule has 1 fully saturated rings. The smallest absolute Gasteiger partial charge is 0.157 e. The second-order valence-corrected chi connectivity index (χ2v) is 5.66. The Morgan fingerprint density at radius 2 is 1.94 bits per heavy atom. The molecular formula is C14H25NO2. The van der Waals surface area contributed by atoms with Crippen LogP contribution in [0.1, 0.15) is 53.4 Å². The van der Waals surface area contributed by atoms with Crippen molar-refractivity contribution in [1.82, 2.24) is 0 Å². The molecule has 0 amide bonds. The van der Waals surface area contributed by atoms with Crippen LogP contribution in [-0.4, -0.2) is 22.9 Å². The highest BCUT2D eigenvalue weighted by Gasteiger charge is 2.45. The Balaban J connectivity index is 2.87. The Hall–Kier alpha value is -0.590. The van der Waals surface area contributed by atoms with Crippen LogP contribution in [0.3, 0.4) is 0 Å². The minimum Gasteiger partial charge on any atom is -0.391 e. The molecule has 0 heterocycles. The lowest BCUT2D eigenvalue weighted by molar-refractivity contribution is -0.142. The van der Waals surface area contributed by atoms with Crippen LogP contribution in [0.15, 0.2) is 0 Å². The third kappa shape index (κ3) is 3.20. The molecular weight excluding hydrogens is 214 g/mol. The van der Waals surface area contributed by atoms with Crippen LogP contribution in [0.2, 0.25) is 0 Å². The van der Waals surface area contributed by atoms with Gasteiger partial charge in [0.1, 0.15) is 0 Å². The van der Waals surface area contributed by atoms with Crippen LogP contribution in [0.5, 0.6) is 0 Å². The van der Waals surface area contributed by atoms with Gasteiger partial charge in [0, 0.05) is 5.92 Å². The van der Waals surface area contributed by atoms with E-state index in [1.54, 1.807) is 6.92 Å². The highest BCUT2D eigenvalue weighted by atomic mass is 16.5. The van der Waals surface area contributed by atoms with E-state index >= 15 is 0 Å². The molecule has 3 nitrogen and oxygen atoms in total. The molecule has 4 unspecified atom stereocenters. The first kappa shape index (κ1) is 14.5. The molecule has 0 aliphatic heterocycles. The molecule has 0 spiro atoms. The second-order valence-electron chi connectivity index (χ2n) is 5.66. The van der Waals surface area contributed by atoms with Gasteiger partial charge in [-0.1, -0.05) is 20.3 Å². The molecule has 0 saturated heterocycles. The fourth-order valence-electron chi connectivity index (χ4n) is 2.78. The lowest BCUT2D eigenvalue weighted by Crippen LogP contribution is -2.48. The monoisotopic (exact) mass is 239 g/mol. The largest absolute Gasteiger partial charge is 0.391 e. The van der Waals surface area contributed by atoms with Crippen molar-refractivity contribution in [1.29, 1.82) is 5.26 Å². The summed E-state index contributed by atoms with van der Waals surface area (Å²) in [5.41, 5.74) is -0.692. The molecule has 1 N–H and O–H groups in total. The number of nitrogens with zero attached hydrogens (tertiary/aromatic N) is 1. The SMILES string of the molecule is CC(C)C1CCCCC1(C#N)OC(C)C(C)O. The van der Waals surface area contributed by atoms with Crippen molar-refractivity contribution in [3.63, 3.8) is 0 Å². The molecule has 17 heavy (non-hydrogen) atoms. The molecule has 1 aliphatic carbocycles. The minimum absolute atomic E-state index is 0.280. The van der Waals surface area contributed by atoms with Gasteiger partial charge >= 0.3 is 0 Å². The van der Waals surface area contributed by atoms with Crippen molar-refractivity contribution in [3.8, 4) is 6.07 Å². The molecule has 3 heteroatoms. The zero-order valence-corrected chi connectivity index (χ0v) is 11.4. The first-order valence-electron chi connectivity index (χ1n) is 6.70. The summed E-state index contributed by atoms with van der Waals surface area (Å²) in [5.74, 6) is 0.721. The Kier molecular flexibility index (Phi) is 4.97. The fraction of sp³-hybridized carbons (Fsp3) is 0.929. The van der Waals surface area contributed by atoms with E-state index in [1.165, 1.54) is 6.42 Å². The van der Waals surface area contributed by atoms with Crippen LogP contribution in [0.25, 0.3) is 0 Å². The molecule has 1 rings (SSSR count). The van der Waals surface area contributed by atoms with Crippen LogP contribution in [-0.2, 0) is 4.74 Å². The zero-order valence-electron chi connectivity index (χ0n) is 11.4. The van der Waals surface area contributed by atoms with Gasteiger partial charge < -0.3 is 9.84 Å². The Morgan fingerprint density at radius 3 is 2.41 bits per heavy atom. The number of hydrogen-bond donors (Lipinski definition) is 1. The molecule has 1 saturated carbocycles. The summed E-state index contributed by atoms with van der Waals surface area (Å²) < 4.78 is 5.95. The van der Waals surface area contributed by atoms with E-state index in [4.69, 9.17) is 4.74 Å². The van der Waals surface area contributed by atoms with Crippen molar-refractivity contribution in [2.24, 2.45) is 11.8 Å². The topological polar surface area (TPSA) is 53.2 Å². The van der Waals surface area contributed by atoms with E-state index in [9.17, 15) is 10.4 Å². The van der Waals surface area contributed by atoms with Gasteiger partial charge in [0.2, 0.25) is 0 Å². The minimum atomic E-state index is -0.692. The van der Waals surface area contributed by atoms with Gasteiger partial charge in [-0.25, -0.2) is 0 Å². The number of aliphatic hydroxyl groups is 1. The first-order chi connectivity index (χ1) is 7.93. The van der Waals surface area contributed by atoms with Gasteiger partial charge in [0.15, 0.2) is 5.60 Å². The molecule has 0 radical (unpaired) electrons.